The highest BCUT2D eigenvalue weighted by molar-refractivity contribution is 5.67. The summed E-state index contributed by atoms with van der Waals surface area (Å²) in [6.07, 6.45) is 1.62. The summed E-state index contributed by atoms with van der Waals surface area (Å²) in [7, 11) is 0. The molecule has 0 saturated carbocycles. The quantitative estimate of drug-likeness (QED) is 0.843. The van der Waals surface area contributed by atoms with Crippen LogP contribution in [0.4, 0.5) is 10.5 Å². The highest BCUT2D eigenvalue weighted by atomic mass is 16.6. The van der Waals surface area contributed by atoms with Gasteiger partial charge in [-0.25, -0.2) is 4.79 Å². The molecule has 0 aromatic heterocycles. The number of carbonyl (C=O) groups is 1. The number of anilines is 1. The first kappa shape index (κ1) is 17.1. The zero-order chi connectivity index (χ0) is 17.5. The molecule has 1 saturated heterocycles. The first-order valence-corrected chi connectivity index (χ1v) is 8.64. The summed E-state index contributed by atoms with van der Waals surface area (Å²) in [5, 5.41) is 0. The summed E-state index contributed by atoms with van der Waals surface area (Å²) in [5.74, 6) is 1.29. The minimum absolute atomic E-state index is 0.234. The number of rotatable bonds is 5. The molecule has 2 aromatic rings. The van der Waals surface area contributed by atoms with E-state index in [0.29, 0.717) is 32.2 Å². The Kier molecular flexibility index (Phi) is 5.77. The van der Waals surface area contributed by atoms with Crippen molar-refractivity contribution in [1.29, 1.82) is 0 Å². The van der Waals surface area contributed by atoms with Gasteiger partial charge in [-0.2, -0.15) is 0 Å². The molecular weight excluding hydrogens is 316 g/mol. The highest BCUT2D eigenvalue weighted by Gasteiger charge is 2.24. The van der Waals surface area contributed by atoms with E-state index in [4.69, 9.17) is 15.2 Å². The Morgan fingerprint density at radius 2 is 1.72 bits per heavy atom. The van der Waals surface area contributed by atoms with E-state index in [2.05, 4.69) is 0 Å². The predicted molar refractivity (Wildman–Crippen MR) is 97.3 cm³/mol. The van der Waals surface area contributed by atoms with Gasteiger partial charge in [0.1, 0.15) is 12.4 Å². The van der Waals surface area contributed by atoms with E-state index in [1.54, 1.807) is 4.90 Å². The number of nitrogen functional groups attached to an aromatic ring is 1. The molecule has 1 heterocycles. The third-order valence-electron chi connectivity index (χ3n) is 4.44. The Morgan fingerprint density at radius 3 is 2.40 bits per heavy atom. The molecule has 132 valence electrons. The molecule has 0 aliphatic carbocycles. The van der Waals surface area contributed by atoms with Crippen LogP contribution in [0.15, 0.2) is 54.6 Å². The average molecular weight is 340 g/mol. The van der Waals surface area contributed by atoms with Gasteiger partial charge in [-0.15, -0.1) is 0 Å². The van der Waals surface area contributed by atoms with Crippen LogP contribution in [0.2, 0.25) is 0 Å². The van der Waals surface area contributed by atoms with Gasteiger partial charge >= 0.3 is 6.09 Å². The Balaban J connectivity index is 1.37. The molecule has 0 spiro atoms. The molecule has 1 aliphatic heterocycles. The maximum atomic E-state index is 12.1. The van der Waals surface area contributed by atoms with Crippen LogP contribution in [0.3, 0.4) is 0 Å². The standard InChI is InChI=1S/C20H24N2O3/c21-18-6-8-19(9-7-18)24-14-17-10-12-22(13-11-17)20(23)25-15-16-4-2-1-3-5-16/h1-9,17H,10-15,21H2. The van der Waals surface area contributed by atoms with Crippen LogP contribution in [0.1, 0.15) is 18.4 Å². The lowest BCUT2D eigenvalue weighted by molar-refractivity contribution is 0.0761. The molecule has 1 fully saturated rings. The summed E-state index contributed by atoms with van der Waals surface area (Å²) in [5.41, 5.74) is 7.40. The lowest BCUT2D eigenvalue weighted by atomic mass is 9.98. The summed E-state index contributed by atoms with van der Waals surface area (Å²) in [6.45, 7) is 2.41. The van der Waals surface area contributed by atoms with Gasteiger partial charge in [0.2, 0.25) is 0 Å². The third-order valence-corrected chi connectivity index (χ3v) is 4.44. The fraction of sp³-hybridized carbons (Fsp3) is 0.350. The molecule has 0 unspecified atom stereocenters. The van der Waals surface area contributed by atoms with E-state index >= 15 is 0 Å². The second-order valence-electron chi connectivity index (χ2n) is 6.35. The van der Waals surface area contributed by atoms with Crippen LogP contribution >= 0.6 is 0 Å². The number of likely N-dealkylation sites (tertiary alicyclic amines) is 1. The van der Waals surface area contributed by atoms with E-state index < -0.39 is 0 Å². The van der Waals surface area contributed by atoms with Gasteiger partial charge in [-0.3, -0.25) is 0 Å². The van der Waals surface area contributed by atoms with Crippen LogP contribution in [0.5, 0.6) is 5.75 Å². The van der Waals surface area contributed by atoms with E-state index in [9.17, 15) is 4.79 Å². The molecule has 5 nitrogen and oxygen atoms in total. The van der Waals surface area contributed by atoms with Crippen molar-refractivity contribution in [1.82, 2.24) is 4.90 Å². The zero-order valence-corrected chi connectivity index (χ0v) is 14.3. The van der Waals surface area contributed by atoms with Gasteiger partial charge in [0, 0.05) is 18.8 Å². The molecule has 1 amide bonds. The molecule has 1 aliphatic rings. The number of hydrogen-bond acceptors (Lipinski definition) is 4. The SMILES string of the molecule is Nc1ccc(OCC2CCN(C(=O)OCc3ccccc3)CC2)cc1. The number of hydrogen-bond donors (Lipinski definition) is 1. The molecule has 5 heteroatoms. The largest absolute Gasteiger partial charge is 0.493 e. The fourth-order valence-electron chi connectivity index (χ4n) is 2.87. The van der Waals surface area contributed by atoms with Gasteiger partial charge in [-0.1, -0.05) is 30.3 Å². The number of amides is 1. The van der Waals surface area contributed by atoms with Crippen LogP contribution in [-0.2, 0) is 11.3 Å². The molecule has 3 rings (SSSR count). The molecule has 0 radical (unpaired) electrons. The topological polar surface area (TPSA) is 64.8 Å². The van der Waals surface area contributed by atoms with Crippen molar-refractivity contribution in [3.8, 4) is 5.75 Å². The fourth-order valence-corrected chi connectivity index (χ4v) is 2.87. The molecule has 25 heavy (non-hydrogen) atoms. The lowest BCUT2D eigenvalue weighted by Gasteiger charge is -2.31. The molecule has 2 aromatic carbocycles. The van der Waals surface area contributed by atoms with Gasteiger partial charge in [0.15, 0.2) is 0 Å². The molecular formula is C20H24N2O3. The highest BCUT2D eigenvalue weighted by Crippen LogP contribution is 2.21. The number of nitrogens with two attached hydrogens (primary N) is 1. The van der Waals surface area contributed by atoms with Crippen molar-refractivity contribution in [2.75, 3.05) is 25.4 Å². The van der Waals surface area contributed by atoms with Crippen molar-refractivity contribution in [2.24, 2.45) is 5.92 Å². The average Bonchev–Trinajstić information content (AvgIpc) is 2.67. The number of piperidine rings is 1. The van der Waals surface area contributed by atoms with Gasteiger partial charge < -0.3 is 20.1 Å². The van der Waals surface area contributed by atoms with Crippen LogP contribution in [0.25, 0.3) is 0 Å². The van der Waals surface area contributed by atoms with Gasteiger partial charge in [0.05, 0.1) is 6.61 Å². The minimum atomic E-state index is -0.234. The first-order valence-electron chi connectivity index (χ1n) is 8.64. The number of ether oxygens (including phenoxy) is 2. The number of nitrogens with zero attached hydrogens (tertiary/aromatic N) is 1. The van der Waals surface area contributed by atoms with Crippen molar-refractivity contribution < 1.29 is 14.3 Å². The first-order chi connectivity index (χ1) is 12.2. The molecule has 0 bridgehead atoms. The Labute approximate surface area is 148 Å². The minimum Gasteiger partial charge on any atom is -0.493 e. The monoisotopic (exact) mass is 340 g/mol. The maximum Gasteiger partial charge on any atom is 0.410 e. The second kappa shape index (κ2) is 8.42. The number of carbonyl (C=O) groups excluding carboxylic acids is 1. The summed E-state index contributed by atoms with van der Waals surface area (Å²) < 4.78 is 11.2. The summed E-state index contributed by atoms with van der Waals surface area (Å²) in [6, 6.07) is 17.2. The van der Waals surface area contributed by atoms with Crippen LogP contribution < -0.4 is 10.5 Å². The van der Waals surface area contributed by atoms with E-state index in [1.807, 2.05) is 54.6 Å². The molecule has 2 N–H and O–H groups in total. The maximum absolute atomic E-state index is 12.1. The Hall–Kier alpha value is -2.69. The van der Waals surface area contributed by atoms with E-state index in [1.165, 1.54) is 0 Å². The second-order valence-corrected chi connectivity index (χ2v) is 6.35. The van der Waals surface area contributed by atoms with E-state index in [-0.39, 0.29) is 6.09 Å². The van der Waals surface area contributed by atoms with Crippen molar-refractivity contribution in [2.45, 2.75) is 19.4 Å². The van der Waals surface area contributed by atoms with Crippen LogP contribution in [0, 0.1) is 5.92 Å². The predicted octanol–water partition coefficient (Wildman–Crippen LogP) is 3.70. The van der Waals surface area contributed by atoms with Crippen molar-refractivity contribution >= 4 is 11.8 Å². The van der Waals surface area contributed by atoms with Crippen molar-refractivity contribution in [3.05, 3.63) is 60.2 Å². The Bertz CT molecular complexity index is 665. The summed E-state index contributed by atoms with van der Waals surface area (Å²) >= 11 is 0. The van der Waals surface area contributed by atoms with Gasteiger partial charge in [-0.05, 0) is 48.6 Å². The van der Waals surface area contributed by atoms with E-state index in [0.717, 1.165) is 29.8 Å². The molecule has 0 atom stereocenters. The zero-order valence-electron chi connectivity index (χ0n) is 14.3. The lowest BCUT2D eigenvalue weighted by Crippen LogP contribution is -2.39. The van der Waals surface area contributed by atoms with Crippen molar-refractivity contribution in [3.63, 3.8) is 0 Å². The smallest absolute Gasteiger partial charge is 0.410 e. The summed E-state index contributed by atoms with van der Waals surface area (Å²) in [4.78, 5) is 13.9. The van der Waals surface area contributed by atoms with Crippen LogP contribution in [-0.4, -0.2) is 30.7 Å². The Morgan fingerprint density at radius 1 is 1.04 bits per heavy atom. The third kappa shape index (κ3) is 5.14. The normalized spacial score (nSPS) is 15.0. The van der Waals surface area contributed by atoms with Gasteiger partial charge in [0.25, 0.3) is 0 Å². The number of benzene rings is 2.